The number of fused-ring (bicyclic) bond motifs is 3. The fourth-order valence-corrected chi connectivity index (χ4v) is 5.50. The molecule has 4 aliphatic carbocycles. The molecule has 4 fully saturated rings. The van der Waals surface area contributed by atoms with E-state index in [0.29, 0.717) is 34.7 Å². The Morgan fingerprint density at radius 1 is 1.33 bits per heavy atom. The van der Waals surface area contributed by atoms with Gasteiger partial charge in [0, 0.05) is 5.57 Å². The van der Waals surface area contributed by atoms with Crippen LogP contribution in [0.1, 0.15) is 32.6 Å². The van der Waals surface area contributed by atoms with Gasteiger partial charge in [0.2, 0.25) is 0 Å². The zero-order valence-corrected chi connectivity index (χ0v) is 10.8. The molecular weight excluding hydrogens is 228 g/mol. The Kier molecular flexibility index (Phi) is 1.95. The Morgan fingerprint density at radius 3 is 2.78 bits per heavy atom. The van der Waals surface area contributed by atoms with E-state index in [0.717, 1.165) is 12.8 Å². The second kappa shape index (κ2) is 3.19. The molecule has 4 rings (SSSR count). The maximum atomic E-state index is 11.7. The first-order chi connectivity index (χ1) is 8.54. The average molecular weight is 248 g/mol. The van der Waals surface area contributed by atoms with Crippen LogP contribution in [0, 0.1) is 29.1 Å². The quantitative estimate of drug-likeness (QED) is 0.599. The highest BCUT2D eigenvalue weighted by atomic mass is 16.5. The lowest BCUT2D eigenvalue weighted by atomic mass is 9.76. The summed E-state index contributed by atoms with van der Waals surface area (Å²) in [6.45, 7) is 5.35. The summed E-state index contributed by atoms with van der Waals surface area (Å²) >= 11 is 0. The molecular formula is C15H20O3. The van der Waals surface area contributed by atoms with Crippen LogP contribution in [0.5, 0.6) is 0 Å². The van der Waals surface area contributed by atoms with Gasteiger partial charge in [-0.15, -0.1) is 0 Å². The summed E-state index contributed by atoms with van der Waals surface area (Å²) in [5, 5.41) is 10.0. The molecule has 18 heavy (non-hydrogen) atoms. The topological polar surface area (TPSA) is 46.5 Å². The van der Waals surface area contributed by atoms with Gasteiger partial charge >= 0.3 is 5.97 Å². The van der Waals surface area contributed by atoms with Crippen molar-refractivity contribution in [2.45, 2.75) is 44.8 Å². The van der Waals surface area contributed by atoms with Crippen LogP contribution in [0.25, 0.3) is 0 Å². The molecule has 4 saturated carbocycles. The Balaban J connectivity index is 1.53. The maximum Gasteiger partial charge on any atom is 0.333 e. The summed E-state index contributed by atoms with van der Waals surface area (Å²) in [7, 11) is 0. The lowest BCUT2D eigenvalue weighted by molar-refractivity contribution is -0.148. The van der Waals surface area contributed by atoms with Gasteiger partial charge in [0.1, 0.15) is 6.10 Å². The Bertz CT molecular complexity index is 443. The number of aliphatic hydroxyl groups excluding tert-OH is 1. The zero-order chi connectivity index (χ0) is 12.7. The minimum Gasteiger partial charge on any atom is -0.459 e. The molecule has 0 aromatic rings. The van der Waals surface area contributed by atoms with Gasteiger partial charge in [-0.05, 0) is 61.7 Å². The van der Waals surface area contributed by atoms with E-state index in [-0.39, 0.29) is 18.2 Å². The third kappa shape index (κ3) is 1.12. The van der Waals surface area contributed by atoms with Crippen molar-refractivity contribution in [1.29, 1.82) is 0 Å². The minimum absolute atomic E-state index is 0.0846. The van der Waals surface area contributed by atoms with Crippen LogP contribution in [0.2, 0.25) is 0 Å². The van der Waals surface area contributed by atoms with Gasteiger partial charge in [0.15, 0.2) is 0 Å². The van der Waals surface area contributed by atoms with Gasteiger partial charge in [-0.25, -0.2) is 4.79 Å². The molecule has 0 saturated heterocycles. The molecule has 1 N–H and O–H groups in total. The van der Waals surface area contributed by atoms with Crippen molar-refractivity contribution in [2.24, 2.45) is 29.1 Å². The molecule has 0 aliphatic heterocycles. The Hall–Kier alpha value is -0.830. The van der Waals surface area contributed by atoms with Crippen LogP contribution in [-0.4, -0.2) is 23.3 Å². The highest BCUT2D eigenvalue weighted by Crippen LogP contribution is 2.80. The second-order valence-electron chi connectivity index (χ2n) is 6.89. The highest BCUT2D eigenvalue weighted by molar-refractivity contribution is 5.87. The standard InChI is InChI=1S/C15H20O3/c1-7(2)14(17)18-13-4-8-3-9(13)10-5-12(16)11-6-15(8,10)11/h8-13,16H,1,3-6H2,2H3. The lowest BCUT2D eigenvalue weighted by Gasteiger charge is -2.33. The highest BCUT2D eigenvalue weighted by Gasteiger charge is 2.77. The van der Waals surface area contributed by atoms with Gasteiger partial charge in [0.25, 0.3) is 0 Å². The van der Waals surface area contributed by atoms with Gasteiger partial charge in [-0.1, -0.05) is 6.58 Å². The van der Waals surface area contributed by atoms with Crippen molar-refractivity contribution in [1.82, 2.24) is 0 Å². The average Bonchev–Trinajstić information content (AvgIpc) is 2.63. The van der Waals surface area contributed by atoms with Gasteiger partial charge in [-0.2, -0.15) is 0 Å². The third-order valence-corrected chi connectivity index (χ3v) is 6.19. The monoisotopic (exact) mass is 248 g/mol. The van der Waals surface area contributed by atoms with E-state index >= 15 is 0 Å². The summed E-state index contributed by atoms with van der Waals surface area (Å²) in [5.74, 6) is 2.12. The molecule has 0 aromatic carbocycles. The summed E-state index contributed by atoms with van der Waals surface area (Å²) in [5.41, 5.74) is 0.944. The van der Waals surface area contributed by atoms with E-state index in [1.54, 1.807) is 6.92 Å². The van der Waals surface area contributed by atoms with E-state index in [2.05, 4.69) is 6.58 Å². The van der Waals surface area contributed by atoms with Crippen molar-refractivity contribution in [2.75, 3.05) is 0 Å². The summed E-state index contributed by atoms with van der Waals surface area (Å²) in [4.78, 5) is 11.7. The van der Waals surface area contributed by atoms with Crippen LogP contribution in [0.3, 0.4) is 0 Å². The Morgan fingerprint density at radius 2 is 2.11 bits per heavy atom. The molecule has 7 atom stereocenters. The molecule has 98 valence electrons. The minimum atomic E-state index is -0.243. The number of carbonyl (C=O) groups is 1. The van der Waals surface area contributed by atoms with Crippen LogP contribution >= 0.6 is 0 Å². The number of ether oxygens (including phenoxy) is 1. The van der Waals surface area contributed by atoms with Gasteiger partial charge in [0.05, 0.1) is 6.10 Å². The van der Waals surface area contributed by atoms with Crippen molar-refractivity contribution in [3.8, 4) is 0 Å². The normalized spacial score (nSPS) is 55.0. The number of esters is 1. The van der Waals surface area contributed by atoms with Crippen molar-refractivity contribution < 1.29 is 14.6 Å². The first-order valence-corrected chi connectivity index (χ1v) is 7.08. The van der Waals surface area contributed by atoms with Crippen molar-refractivity contribution >= 4 is 5.97 Å². The van der Waals surface area contributed by atoms with Crippen molar-refractivity contribution in [3.63, 3.8) is 0 Å². The fraction of sp³-hybridized carbons (Fsp3) is 0.800. The molecule has 0 amide bonds. The third-order valence-electron chi connectivity index (χ3n) is 6.19. The second-order valence-corrected chi connectivity index (χ2v) is 6.89. The molecule has 3 heteroatoms. The van der Waals surface area contributed by atoms with E-state index < -0.39 is 0 Å². The summed E-state index contributed by atoms with van der Waals surface area (Å²) in [6.07, 6.45) is 4.39. The molecule has 0 aromatic heterocycles. The predicted molar refractivity (Wildman–Crippen MR) is 65.6 cm³/mol. The molecule has 3 nitrogen and oxygen atoms in total. The molecule has 0 radical (unpaired) electrons. The number of hydrogen-bond acceptors (Lipinski definition) is 3. The number of aliphatic hydroxyl groups is 1. The predicted octanol–water partition coefficient (Wildman–Crippen LogP) is 1.90. The van der Waals surface area contributed by atoms with E-state index in [1.807, 2.05) is 0 Å². The molecule has 0 heterocycles. The SMILES string of the molecule is C=C(C)C(=O)OC1CC2CC1C1CC(O)C3CC231. The zero-order valence-electron chi connectivity index (χ0n) is 10.8. The largest absolute Gasteiger partial charge is 0.459 e. The van der Waals surface area contributed by atoms with Crippen LogP contribution in [0.4, 0.5) is 0 Å². The van der Waals surface area contributed by atoms with Gasteiger partial charge in [-0.3, -0.25) is 0 Å². The van der Waals surface area contributed by atoms with E-state index in [4.69, 9.17) is 4.74 Å². The molecule has 4 aliphatic rings. The Labute approximate surface area is 107 Å². The van der Waals surface area contributed by atoms with E-state index in [1.165, 1.54) is 12.8 Å². The van der Waals surface area contributed by atoms with E-state index in [9.17, 15) is 9.90 Å². The number of hydrogen-bond donors (Lipinski definition) is 1. The summed E-state index contributed by atoms with van der Waals surface area (Å²) in [6, 6.07) is 0. The summed E-state index contributed by atoms with van der Waals surface area (Å²) < 4.78 is 5.59. The number of rotatable bonds is 2. The first-order valence-electron chi connectivity index (χ1n) is 7.08. The fourth-order valence-electron chi connectivity index (χ4n) is 5.50. The van der Waals surface area contributed by atoms with Crippen LogP contribution < -0.4 is 0 Å². The van der Waals surface area contributed by atoms with Crippen LogP contribution in [0.15, 0.2) is 12.2 Å². The first kappa shape index (κ1) is 11.0. The van der Waals surface area contributed by atoms with Crippen molar-refractivity contribution in [3.05, 3.63) is 12.2 Å². The smallest absolute Gasteiger partial charge is 0.333 e. The van der Waals surface area contributed by atoms with Crippen LogP contribution in [-0.2, 0) is 9.53 Å². The maximum absolute atomic E-state index is 11.7. The molecule has 7 unspecified atom stereocenters. The number of carbonyl (C=O) groups excluding carboxylic acids is 1. The molecule has 2 bridgehead atoms. The lowest BCUT2D eigenvalue weighted by Crippen LogP contribution is -2.34. The van der Waals surface area contributed by atoms with Gasteiger partial charge < -0.3 is 9.84 Å². The molecule has 1 spiro atoms.